The molecule has 0 fully saturated rings. The lowest BCUT2D eigenvalue weighted by molar-refractivity contribution is 0.101. The lowest BCUT2D eigenvalue weighted by Gasteiger charge is -2.10. The number of ketones is 1. The van der Waals surface area contributed by atoms with E-state index in [1.807, 2.05) is 31.2 Å². The molecule has 1 amide bonds. The standard InChI is InChI=1S/C22H20N2O3/c1-15-6-7-18(16(2)25)13-21(15)24-22(26)17-8-10-20(11-9-17)27-14-19-5-3-4-12-23-19/h3-13H,14H2,1-2H3,(H,24,26). The summed E-state index contributed by atoms with van der Waals surface area (Å²) in [5.74, 6) is 0.377. The number of Topliss-reactive ketones (excluding diaryl/α,β-unsaturated/α-hetero) is 1. The van der Waals surface area contributed by atoms with E-state index in [2.05, 4.69) is 10.3 Å². The summed E-state index contributed by atoms with van der Waals surface area (Å²) in [6, 6.07) is 17.8. The summed E-state index contributed by atoms with van der Waals surface area (Å²) in [6.07, 6.45) is 1.72. The van der Waals surface area contributed by atoms with E-state index in [-0.39, 0.29) is 11.7 Å². The summed E-state index contributed by atoms with van der Waals surface area (Å²) >= 11 is 0. The lowest BCUT2D eigenvalue weighted by atomic mass is 10.1. The maximum absolute atomic E-state index is 12.5. The average Bonchev–Trinajstić information content (AvgIpc) is 2.69. The minimum Gasteiger partial charge on any atom is -0.487 e. The van der Waals surface area contributed by atoms with Gasteiger partial charge in [0.2, 0.25) is 0 Å². The maximum atomic E-state index is 12.5. The summed E-state index contributed by atoms with van der Waals surface area (Å²) in [6.45, 7) is 3.75. The average molecular weight is 360 g/mol. The lowest BCUT2D eigenvalue weighted by Crippen LogP contribution is -2.13. The molecule has 0 atom stereocenters. The highest BCUT2D eigenvalue weighted by Crippen LogP contribution is 2.19. The van der Waals surface area contributed by atoms with Gasteiger partial charge in [-0.25, -0.2) is 0 Å². The molecule has 0 aliphatic rings. The third-order valence-electron chi connectivity index (χ3n) is 4.12. The van der Waals surface area contributed by atoms with Crippen molar-refractivity contribution in [2.75, 3.05) is 5.32 Å². The van der Waals surface area contributed by atoms with Gasteiger partial charge in [-0.15, -0.1) is 0 Å². The number of hydrogen-bond acceptors (Lipinski definition) is 4. The van der Waals surface area contributed by atoms with Crippen LogP contribution in [-0.2, 0) is 6.61 Å². The van der Waals surface area contributed by atoms with E-state index in [1.165, 1.54) is 6.92 Å². The molecule has 1 aromatic heterocycles. The summed E-state index contributed by atoms with van der Waals surface area (Å²) < 4.78 is 5.67. The summed E-state index contributed by atoms with van der Waals surface area (Å²) in [4.78, 5) is 28.2. The second kappa shape index (κ2) is 8.27. The van der Waals surface area contributed by atoms with Crippen LogP contribution >= 0.6 is 0 Å². The van der Waals surface area contributed by atoms with Crippen molar-refractivity contribution >= 4 is 17.4 Å². The van der Waals surface area contributed by atoms with Crippen molar-refractivity contribution in [1.82, 2.24) is 4.98 Å². The molecule has 2 aromatic carbocycles. The zero-order valence-corrected chi connectivity index (χ0v) is 15.2. The van der Waals surface area contributed by atoms with E-state index in [4.69, 9.17) is 4.74 Å². The zero-order chi connectivity index (χ0) is 19.2. The number of carbonyl (C=O) groups excluding carboxylic acids is 2. The number of rotatable bonds is 6. The van der Waals surface area contributed by atoms with E-state index in [0.29, 0.717) is 29.2 Å². The van der Waals surface area contributed by atoms with Crippen molar-refractivity contribution in [2.45, 2.75) is 20.5 Å². The fourth-order valence-electron chi connectivity index (χ4n) is 2.51. The van der Waals surface area contributed by atoms with Crippen LogP contribution in [0.1, 0.15) is 38.9 Å². The first-order chi connectivity index (χ1) is 13.0. The molecule has 136 valence electrons. The van der Waals surface area contributed by atoms with E-state index < -0.39 is 0 Å². The summed E-state index contributed by atoms with van der Waals surface area (Å²) in [5, 5.41) is 2.86. The number of anilines is 1. The van der Waals surface area contributed by atoms with Crippen LogP contribution in [0.25, 0.3) is 0 Å². The smallest absolute Gasteiger partial charge is 0.255 e. The molecule has 27 heavy (non-hydrogen) atoms. The van der Waals surface area contributed by atoms with Gasteiger partial charge in [0.1, 0.15) is 12.4 Å². The van der Waals surface area contributed by atoms with Gasteiger partial charge < -0.3 is 10.1 Å². The first kappa shape index (κ1) is 18.3. The molecule has 1 N–H and O–H groups in total. The Labute approximate surface area is 158 Å². The van der Waals surface area contributed by atoms with Crippen molar-refractivity contribution in [1.29, 1.82) is 0 Å². The fourth-order valence-corrected chi connectivity index (χ4v) is 2.51. The van der Waals surface area contributed by atoms with Gasteiger partial charge in [0.05, 0.1) is 5.69 Å². The fraction of sp³-hybridized carbons (Fsp3) is 0.136. The van der Waals surface area contributed by atoms with E-state index in [0.717, 1.165) is 11.3 Å². The molecule has 5 heteroatoms. The molecule has 0 unspecified atom stereocenters. The predicted octanol–water partition coefficient (Wildman–Crippen LogP) is 4.42. The monoisotopic (exact) mass is 360 g/mol. The number of hydrogen-bond donors (Lipinski definition) is 1. The first-order valence-electron chi connectivity index (χ1n) is 8.58. The molecule has 3 rings (SSSR count). The highest BCUT2D eigenvalue weighted by Gasteiger charge is 2.10. The Morgan fingerprint density at radius 3 is 2.41 bits per heavy atom. The molecular weight excluding hydrogens is 340 g/mol. The quantitative estimate of drug-likeness (QED) is 0.661. The van der Waals surface area contributed by atoms with E-state index >= 15 is 0 Å². The molecule has 0 aliphatic carbocycles. The zero-order valence-electron chi connectivity index (χ0n) is 15.2. The maximum Gasteiger partial charge on any atom is 0.255 e. The SMILES string of the molecule is CC(=O)c1ccc(C)c(NC(=O)c2ccc(OCc3ccccn3)cc2)c1. The van der Waals surface area contributed by atoms with Crippen molar-refractivity contribution in [3.63, 3.8) is 0 Å². The van der Waals surface area contributed by atoms with Gasteiger partial charge in [0, 0.05) is 23.0 Å². The van der Waals surface area contributed by atoms with Gasteiger partial charge >= 0.3 is 0 Å². The third kappa shape index (κ3) is 4.79. The van der Waals surface area contributed by atoms with E-state index in [1.54, 1.807) is 42.6 Å². The number of ether oxygens (including phenoxy) is 1. The Hall–Kier alpha value is -3.47. The highest BCUT2D eigenvalue weighted by molar-refractivity contribution is 6.05. The Bertz CT molecular complexity index is 951. The van der Waals surface area contributed by atoms with Crippen molar-refractivity contribution in [2.24, 2.45) is 0 Å². The number of nitrogens with zero attached hydrogens (tertiary/aromatic N) is 1. The number of aryl methyl sites for hydroxylation is 1. The molecule has 5 nitrogen and oxygen atoms in total. The normalized spacial score (nSPS) is 10.3. The second-order valence-corrected chi connectivity index (χ2v) is 6.17. The van der Waals surface area contributed by atoms with Crippen LogP contribution in [0.4, 0.5) is 5.69 Å². The Balaban J connectivity index is 1.65. The number of benzene rings is 2. The van der Waals surface area contributed by atoms with Crippen molar-refractivity contribution in [3.8, 4) is 5.75 Å². The minimum absolute atomic E-state index is 0.0418. The van der Waals surface area contributed by atoms with Gasteiger partial charge in [-0.2, -0.15) is 0 Å². The Kier molecular flexibility index (Phi) is 5.61. The molecule has 3 aromatic rings. The van der Waals surface area contributed by atoms with Crippen LogP contribution in [0.15, 0.2) is 66.9 Å². The molecule has 0 spiro atoms. The number of pyridine rings is 1. The molecular formula is C22H20N2O3. The predicted molar refractivity (Wildman–Crippen MR) is 104 cm³/mol. The molecule has 0 aliphatic heterocycles. The molecule has 0 bridgehead atoms. The third-order valence-corrected chi connectivity index (χ3v) is 4.12. The van der Waals surface area contributed by atoms with Crippen LogP contribution < -0.4 is 10.1 Å². The summed E-state index contributed by atoms with van der Waals surface area (Å²) in [5.41, 5.74) is 3.42. The van der Waals surface area contributed by atoms with Crippen molar-refractivity contribution < 1.29 is 14.3 Å². The van der Waals surface area contributed by atoms with Crippen LogP contribution in [0.5, 0.6) is 5.75 Å². The molecule has 0 saturated carbocycles. The minimum atomic E-state index is -0.241. The topological polar surface area (TPSA) is 68.3 Å². The van der Waals surface area contributed by atoms with Gasteiger partial charge in [0.25, 0.3) is 5.91 Å². The number of nitrogens with one attached hydrogen (secondary N) is 1. The number of carbonyl (C=O) groups is 2. The van der Waals surface area contributed by atoms with Gasteiger partial charge in [0.15, 0.2) is 5.78 Å². The van der Waals surface area contributed by atoms with E-state index in [9.17, 15) is 9.59 Å². The summed E-state index contributed by atoms with van der Waals surface area (Å²) in [7, 11) is 0. The van der Waals surface area contributed by atoms with Crippen LogP contribution in [-0.4, -0.2) is 16.7 Å². The van der Waals surface area contributed by atoms with Crippen molar-refractivity contribution in [3.05, 3.63) is 89.2 Å². The molecule has 0 radical (unpaired) electrons. The first-order valence-corrected chi connectivity index (χ1v) is 8.58. The molecule has 0 saturated heterocycles. The number of aromatic nitrogens is 1. The number of amides is 1. The Morgan fingerprint density at radius 2 is 1.74 bits per heavy atom. The van der Waals surface area contributed by atoms with Crippen LogP contribution in [0.2, 0.25) is 0 Å². The second-order valence-electron chi connectivity index (χ2n) is 6.17. The molecule has 1 heterocycles. The van der Waals surface area contributed by atoms with Crippen LogP contribution in [0.3, 0.4) is 0 Å². The largest absolute Gasteiger partial charge is 0.487 e. The van der Waals surface area contributed by atoms with Gasteiger partial charge in [-0.1, -0.05) is 18.2 Å². The highest BCUT2D eigenvalue weighted by atomic mass is 16.5. The van der Waals surface area contributed by atoms with Gasteiger partial charge in [-0.05, 0) is 61.9 Å². The van der Waals surface area contributed by atoms with Gasteiger partial charge in [-0.3, -0.25) is 14.6 Å². The van der Waals surface area contributed by atoms with Crippen LogP contribution in [0, 0.1) is 6.92 Å². The Morgan fingerprint density at radius 1 is 1.00 bits per heavy atom.